The van der Waals surface area contributed by atoms with Gasteiger partial charge in [0.15, 0.2) is 18.1 Å². The number of hydrazone groups is 1. The SMILES string of the molecule is COc1cc(/C=N/NC(=O)OC(C)(C)C)ccc1OCC#N. The highest BCUT2D eigenvalue weighted by molar-refractivity contribution is 5.82. The Bertz CT molecular complexity index is 585. The van der Waals surface area contributed by atoms with Crippen molar-refractivity contribution in [2.24, 2.45) is 5.10 Å². The van der Waals surface area contributed by atoms with E-state index >= 15 is 0 Å². The fourth-order valence-corrected chi connectivity index (χ4v) is 1.45. The molecule has 0 fully saturated rings. The molecule has 1 N–H and O–H groups in total. The molecule has 0 aliphatic carbocycles. The van der Waals surface area contributed by atoms with E-state index in [0.717, 1.165) is 0 Å². The van der Waals surface area contributed by atoms with Crippen molar-refractivity contribution in [1.29, 1.82) is 5.26 Å². The van der Waals surface area contributed by atoms with Crippen molar-refractivity contribution in [1.82, 2.24) is 5.43 Å². The quantitative estimate of drug-likeness (QED) is 0.666. The van der Waals surface area contributed by atoms with Crippen molar-refractivity contribution in [3.63, 3.8) is 0 Å². The zero-order valence-corrected chi connectivity index (χ0v) is 13.0. The molecule has 1 aromatic rings. The van der Waals surface area contributed by atoms with Gasteiger partial charge in [0.1, 0.15) is 11.7 Å². The summed E-state index contributed by atoms with van der Waals surface area (Å²) in [7, 11) is 1.49. The van der Waals surface area contributed by atoms with Gasteiger partial charge in [-0.1, -0.05) is 0 Å². The Balaban J connectivity index is 2.68. The van der Waals surface area contributed by atoms with Gasteiger partial charge in [-0.15, -0.1) is 0 Å². The van der Waals surface area contributed by atoms with Crippen molar-refractivity contribution in [2.45, 2.75) is 26.4 Å². The minimum absolute atomic E-state index is 0.0655. The average molecular weight is 305 g/mol. The number of carbonyl (C=O) groups excluding carboxylic acids is 1. The molecule has 0 heterocycles. The van der Waals surface area contributed by atoms with Crippen LogP contribution in [0, 0.1) is 11.3 Å². The first-order valence-corrected chi connectivity index (χ1v) is 6.55. The number of nitrogens with one attached hydrogen (secondary N) is 1. The molecule has 0 bridgehead atoms. The van der Waals surface area contributed by atoms with Crippen LogP contribution in [0.3, 0.4) is 0 Å². The van der Waals surface area contributed by atoms with Crippen molar-refractivity contribution >= 4 is 12.3 Å². The third kappa shape index (κ3) is 6.13. The van der Waals surface area contributed by atoms with Crippen molar-refractivity contribution in [2.75, 3.05) is 13.7 Å². The highest BCUT2D eigenvalue weighted by atomic mass is 16.6. The Labute approximate surface area is 129 Å². The lowest BCUT2D eigenvalue weighted by Gasteiger charge is -2.18. The van der Waals surface area contributed by atoms with Gasteiger partial charge in [-0.25, -0.2) is 10.2 Å². The number of hydrogen-bond donors (Lipinski definition) is 1. The van der Waals surface area contributed by atoms with Crippen molar-refractivity contribution in [3.8, 4) is 17.6 Å². The molecule has 0 radical (unpaired) electrons. The molecule has 0 saturated heterocycles. The Morgan fingerprint density at radius 3 is 2.73 bits per heavy atom. The third-order valence-corrected chi connectivity index (χ3v) is 2.25. The molecule has 1 amide bonds. The second-order valence-electron chi connectivity index (χ2n) is 5.23. The molecule has 0 saturated carbocycles. The molecule has 0 aliphatic rings. The van der Waals surface area contributed by atoms with E-state index in [1.165, 1.54) is 13.3 Å². The van der Waals surface area contributed by atoms with Crippen LogP contribution in [-0.2, 0) is 4.74 Å². The lowest BCUT2D eigenvalue weighted by Crippen LogP contribution is -2.29. The monoisotopic (exact) mass is 305 g/mol. The zero-order chi connectivity index (χ0) is 16.6. The Hall–Kier alpha value is -2.75. The van der Waals surface area contributed by atoms with Gasteiger partial charge >= 0.3 is 6.09 Å². The molecule has 1 rings (SSSR count). The summed E-state index contributed by atoms with van der Waals surface area (Å²) >= 11 is 0. The lowest BCUT2D eigenvalue weighted by molar-refractivity contribution is 0.0529. The maximum atomic E-state index is 11.4. The van der Waals surface area contributed by atoms with Crippen LogP contribution >= 0.6 is 0 Å². The topological polar surface area (TPSA) is 92.9 Å². The van der Waals surface area contributed by atoms with Gasteiger partial charge in [0.05, 0.1) is 13.3 Å². The molecule has 118 valence electrons. The summed E-state index contributed by atoms with van der Waals surface area (Å²) in [5.74, 6) is 0.928. The molecule has 7 nitrogen and oxygen atoms in total. The smallest absolute Gasteiger partial charge is 0.428 e. The van der Waals surface area contributed by atoms with E-state index < -0.39 is 11.7 Å². The fourth-order valence-electron chi connectivity index (χ4n) is 1.45. The average Bonchev–Trinajstić information content (AvgIpc) is 2.43. The van der Waals surface area contributed by atoms with Crippen molar-refractivity contribution in [3.05, 3.63) is 23.8 Å². The molecule has 7 heteroatoms. The Morgan fingerprint density at radius 1 is 1.41 bits per heavy atom. The largest absolute Gasteiger partial charge is 0.493 e. The first kappa shape index (κ1) is 17.3. The number of ether oxygens (including phenoxy) is 3. The normalized spacial score (nSPS) is 10.9. The first-order chi connectivity index (χ1) is 10.4. The summed E-state index contributed by atoms with van der Waals surface area (Å²) in [5.41, 5.74) is 2.38. The number of benzene rings is 1. The van der Waals surface area contributed by atoms with Crippen LogP contribution < -0.4 is 14.9 Å². The number of hydrogen-bond acceptors (Lipinski definition) is 6. The standard InChI is InChI=1S/C15H19N3O4/c1-15(2,3)22-14(19)18-17-10-11-5-6-12(21-8-7-16)13(9-11)20-4/h5-6,9-10H,8H2,1-4H3,(H,18,19)/b17-10+. The van der Waals surface area contributed by atoms with E-state index in [1.54, 1.807) is 39.0 Å². The first-order valence-electron chi connectivity index (χ1n) is 6.55. The van der Waals surface area contributed by atoms with Gasteiger partial charge in [0.25, 0.3) is 0 Å². The van der Waals surface area contributed by atoms with Gasteiger partial charge in [-0.05, 0) is 44.5 Å². The zero-order valence-electron chi connectivity index (χ0n) is 13.0. The summed E-state index contributed by atoms with van der Waals surface area (Å²) in [6, 6.07) is 6.93. The lowest BCUT2D eigenvalue weighted by atomic mass is 10.2. The number of nitrogens with zero attached hydrogens (tertiary/aromatic N) is 2. The molecule has 0 spiro atoms. The van der Waals surface area contributed by atoms with Crippen LogP contribution in [0.25, 0.3) is 0 Å². The van der Waals surface area contributed by atoms with Gasteiger partial charge in [0, 0.05) is 0 Å². The minimum Gasteiger partial charge on any atom is -0.493 e. The second-order valence-corrected chi connectivity index (χ2v) is 5.23. The van der Waals surface area contributed by atoms with Crippen LogP contribution in [0.4, 0.5) is 4.79 Å². The van der Waals surface area contributed by atoms with Crippen LogP contribution in [-0.4, -0.2) is 31.6 Å². The highest BCUT2D eigenvalue weighted by Gasteiger charge is 2.15. The van der Waals surface area contributed by atoms with Crippen LogP contribution in [0.2, 0.25) is 0 Å². The molecule has 0 aromatic heterocycles. The number of amides is 1. The number of nitriles is 1. The van der Waals surface area contributed by atoms with E-state index in [0.29, 0.717) is 17.1 Å². The second kappa shape index (κ2) is 7.88. The molecule has 0 aliphatic heterocycles. The van der Waals surface area contributed by atoms with Crippen molar-refractivity contribution < 1.29 is 19.0 Å². The maximum absolute atomic E-state index is 11.4. The van der Waals surface area contributed by atoms with E-state index in [9.17, 15) is 4.79 Å². The highest BCUT2D eigenvalue weighted by Crippen LogP contribution is 2.27. The predicted octanol–water partition coefficient (Wildman–Crippen LogP) is 2.46. The Morgan fingerprint density at radius 2 is 2.14 bits per heavy atom. The molecule has 0 atom stereocenters. The predicted molar refractivity (Wildman–Crippen MR) is 81.1 cm³/mol. The fraction of sp³-hybridized carbons (Fsp3) is 0.400. The Kier molecular flexibility index (Phi) is 6.20. The van der Waals surface area contributed by atoms with E-state index in [-0.39, 0.29) is 6.61 Å². The van der Waals surface area contributed by atoms with Gasteiger partial charge < -0.3 is 14.2 Å². The van der Waals surface area contributed by atoms with Gasteiger partial charge in [0.2, 0.25) is 0 Å². The minimum atomic E-state index is -0.635. The molecule has 1 aromatic carbocycles. The summed E-state index contributed by atoms with van der Waals surface area (Å²) in [4.78, 5) is 11.4. The summed E-state index contributed by atoms with van der Waals surface area (Å²) in [6.07, 6.45) is 0.810. The van der Waals surface area contributed by atoms with E-state index in [2.05, 4.69) is 10.5 Å². The molecule has 0 unspecified atom stereocenters. The molecular formula is C15H19N3O4. The van der Waals surface area contributed by atoms with Crippen LogP contribution in [0.15, 0.2) is 23.3 Å². The van der Waals surface area contributed by atoms with E-state index in [1.807, 2.05) is 6.07 Å². The van der Waals surface area contributed by atoms with Crippen LogP contribution in [0.5, 0.6) is 11.5 Å². The van der Waals surface area contributed by atoms with Crippen LogP contribution in [0.1, 0.15) is 26.3 Å². The summed E-state index contributed by atoms with van der Waals surface area (Å²) in [6.45, 7) is 5.23. The third-order valence-electron chi connectivity index (χ3n) is 2.25. The van der Waals surface area contributed by atoms with E-state index in [4.69, 9.17) is 19.5 Å². The molecular weight excluding hydrogens is 286 g/mol. The van der Waals surface area contributed by atoms with Gasteiger partial charge in [-0.3, -0.25) is 0 Å². The number of carbonyl (C=O) groups is 1. The maximum Gasteiger partial charge on any atom is 0.428 e. The summed E-state index contributed by atoms with van der Waals surface area (Å²) < 4.78 is 15.4. The summed E-state index contributed by atoms with van der Waals surface area (Å²) in [5, 5.41) is 12.3. The molecule has 22 heavy (non-hydrogen) atoms. The van der Waals surface area contributed by atoms with Gasteiger partial charge in [-0.2, -0.15) is 10.4 Å². The number of rotatable bonds is 5. The number of methoxy groups -OCH3 is 1.